The van der Waals surface area contributed by atoms with Gasteiger partial charge in [0.25, 0.3) is 5.91 Å². The van der Waals surface area contributed by atoms with E-state index in [0.29, 0.717) is 24.0 Å². The summed E-state index contributed by atoms with van der Waals surface area (Å²) in [5, 5.41) is 5.01. The molecule has 2 aromatic rings. The summed E-state index contributed by atoms with van der Waals surface area (Å²) >= 11 is 1.43. The zero-order valence-corrected chi connectivity index (χ0v) is 17.1. The predicted octanol–water partition coefficient (Wildman–Crippen LogP) is 1.41. The molecule has 2 fully saturated rings. The Kier molecular flexibility index (Phi) is 5.20. The van der Waals surface area contributed by atoms with Crippen molar-refractivity contribution in [2.24, 2.45) is 12.8 Å². The molecule has 8 nitrogen and oxygen atoms in total. The van der Waals surface area contributed by atoms with Crippen LogP contribution in [-0.2, 0) is 11.8 Å². The van der Waals surface area contributed by atoms with Crippen LogP contribution in [0.15, 0.2) is 12.4 Å². The van der Waals surface area contributed by atoms with Crippen molar-refractivity contribution in [2.45, 2.75) is 44.7 Å². The summed E-state index contributed by atoms with van der Waals surface area (Å²) in [5.74, 6) is -0.171. The summed E-state index contributed by atoms with van der Waals surface area (Å²) in [5.41, 5.74) is 7.26. The fraction of sp³-hybridized carbons (Fsp3) is 0.579. The van der Waals surface area contributed by atoms with Crippen molar-refractivity contribution < 1.29 is 9.59 Å². The van der Waals surface area contributed by atoms with Crippen LogP contribution in [0.3, 0.4) is 0 Å². The van der Waals surface area contributed by atoms with Crippen molar-refractivity contribution in [3.05, 3.63) is 23.0 Å². The van der Waals surface area contributed by atoms with Gasteiger partial charge < -0.3 is 10.6 Å². The SMILES string of the molecule is Cc1nc(-c2cnn(C)c2)sc1C(=O)N1CCC(N2CCCC2C(N)=O)CC1. The smallest absolute Gasteiger partial charge is 0.265 e. The number of hydrogen-bond donors (Lipinski definition) is 1. The van der Waals surface area contributed by atoms with Gasteiger partial charge in [0, 0.05) is 37.9 Å². The second-order valence-corrected chi connectivity index (χ2v) is 8.66. The summed E-state index contributed by atoms with van der Waals surface area (Å²) in [4.78, 5) is 34.2. The molecule has 0 spiro atoms. The highest BCUT2D eigenvalue weighted by atomic mass is 32.1. The van der Waals surface area contributed by atoms with Gasteiger partial charge in [0.1, 0.15) is 9.88 Å². The molecule has 2 aliphatic rings. The van der Waals surface area contributed by atoms with E-state index in [1.807, 2.05) is 25.1 Å². The quantitative estimate of drug-likeness (QED) is 0.834. The largest absolute Gasteiger partial charge is 0.368 e. The minimum absolute atomic E-state index is 0.0523. The van der Waals surface area contributed by atoms with Crippen molar-refractivity contribution in [3.63, 3.8) is 0 Å². The molecule has 0 bridgehead atoms. The lowest BCUT2D eigenvalue weighted by Crippen LogP contribution is -2.51. The minimum Gasteiger partial charge on any atom is -0.368 e. The number of aromatic nitrogens is 3. The number of likely N-dealkylation sites (tertiary alicyclic amines) is 2. The van der Waals surface area contributed by atoms with Gasteiger partial charge in [0.05, 0.1) is 17.9 Å². The fourth-order valence-electron chi connectivity index (χ4n) is 4.33. The van der Waals surface area contributed by atoms with Gasteiger partial charge in [-0.1, -0.05) is 0 Å². The Morgan fingerprint density at radius 3 is 2.61 bits per heavy atom. The van der Waals surface area contributed by atoms with Crippen LogP contribution in [0.25, 0.3) is 10.6 Å². The van der Waals surface area contributed by atoms with Gasteiger partial charge in [0.2, 0.25) is 5.91 Å². The number of carbonyl (C=O) groups excluding carboxylic acids is 2. The lowest BCUT2D eigenvalue weighted by molar-refractivity contribution is -0.123. The lowest BCUT2D eigenvalue weighted by atomic mass is 10.0. The molecule has 0 aromatic carbocycles. The maximum Gasteiger partial charge on any atom is 0.265 e. The molecule has 0 aliphatic carbocycles. The normalized spacial score (nSPS) is 21.4. The molecule has 150 valence electrons. The van der Waals surface area contributed by atoms with E-state index in [1.54, 1.807) is 10.9 Å². The summed E-state index contributed by atoms with van der Waals surface area (Å²) < 4.78 is 1.73. The first-order valence-electron chi connectivity index (χ1n) is 9.75. The Morgan fingerprint density at radius 1 is 1.21 bits per heavy atom. The fourth-order valence-corrected chi connectivity index (χ4v) is 5.33. The topological polar surface area (TPSA) is 97.3 Å². The number of thiazole rings is 1. The Labute approximate surface area is 168 Å². The van der Waals surface area contributed by atoms with Gasteiger partial charge in [-0.2, -0.15) is 5.10 Å². The van der Waals surface area contributed by atoms with Crippen LogP contribution in [0.2, 0.25) is 0 Å². The molecule has 28 heavy (non-hydrogen) atoms. The van der Waals surface area contributed by atoms with E-state index in [9.17, 15) is 9.59 Å². The van der Waals surface area contributed by atoms with Crippen LogP contribution in [0.4, 0.5) is 0 Å². The van der Waals surface area contributed by atoms with Crippen LogP contribution in [0.1, 0.15) is 41.0 Å². The molecular weight excluding hydrogens is 376 g/mol. The number of nitrogens with two attached hydrogens (primary N) is 1. The maximum atomic E-state index is 13.1. The molecule has 2 aromatic heterocycles. The molecule has 1 atom stereocenters. The highest BCUT2D eigenvalue weighted by Gasteiger charge is 2.36. The number of piperidine rings is 1. The van der Waals surface area contributed by atoms with Gasteiger partial charge in [-0.25, -0.2) is 4.98 Å². The second-order valence-electron chi connectivity index (χ2n) is 7.66. The van der Waals surface area contributed by atoms with E-state index < -0.39 is 0 Å². The lowest BCUT2D eigenvalue weighted by Gasteiger charge is -2.38. The number of rotatable bonds is 4. The summed E-state index contributed by atoms with van der Waals surface area (Å²) in [6.45, 7) is 4.21. The predicted molar refractivity (Wildman–Crippen MR) is 107 cm³/mol. The van der Waals surface area contributed by atoms with Crippen LogP contribution in [0, 0.1) is 6.92 Å². The molecule has 9 heteroatoms. The van der Waals surface area contributed by atoms with Gasteiger partial charge in [-0.05, 0) is 39.2 Å². The van der Waals surface area contributed by atoms with E-state index >= 15 is 0 Å². The zero-order valence-electron chi connectivity index (χ0n) is 16.3. The first-order valence-corrected chi connectivity index (χ1v) is 10.6. The van der Waals surface area contributed by atoms with Crippen molar-refractivity contribution in [3.8, 4) is 10.6 Å². The third-order valence-corrected chi connectivity index (χ3v) is 6.98. The molecule has 4 rings (SSSR count). The Balaban J connectivity index is 1.42. The van der Waals surface area contributed by atoms with E-state index in [0.717, 1.165) is 48.5 Å². The Hall–Kier alpha value is -2.26. The third kappa shape index (κ3) is 3.56. The first-order chi connectivity index (χ1) is 13.4. The van der Waals surface area contributed by atoms with Crippen molar-refractivity contribution >= 4 is 23.2 Å². The molecule has 2 amide bonds. The molecule has 2 saturated heterocycles. The van der Waals surface area contributed by atoms with Crippen LogP contribution in [-0.4, -0.2) is 68.1 Å². The van der Waals surface area contributed by atoms with Crippen LogP contribution in [0.5, 0.6) is 0 Å². The number of nitrogens with zero attached hydrogens (tertiary/aromatic N) is 5. The van der Waals surface area contributed by atoms with Crippen LogP contribution < -0.4 is 5.73 Å². The molecule has 2 aliphatic heterocycles. The van der Waals surface area contributed by atoms with Gasteiger partial charge in [0.15, 0.2) is 0 Å². The van der Waals surface area contributed by atoms with Gasteiger partial charge in [-0.3, -0.25) is 19.2 Å². The monoisotopic (exact) mass is 402 g/mol. The average molecular weight is 403 g/mol. The highest BCUT2D eigenvalue weighted by molar-refractivity contribution is 7.17. The number of carbonyl (C=O) groups is 2. The average Bonchev–Trinajstić information content (AvgIpc) is 3.40. The molecule has 0 radical (unpaired) electrons. The second kappa shape index (κ2) is 7.63. The molecular formula is C19H26N6O2S. The molecule has 0 saturated carbocycles. The Bertz CT molecular complexity index is 883. The summed E-state index contributed by atoms with van der Waals surface area (Å²) in [6, 6.07) is 0.190. The standard InChI is InChI=1S/C19H26N6O2S/c1-12-16(28-18(22-12)13-10-21-23(2)11-13)19(27)24-8-5-14(6-9-24)25-7-3-4-15(25)17(20)26/h10-11,14-15H,3-9H2,1-2H3,(H2,20,26). The van der Waals surface area contributed by atoms with Crippen molar-refractivity contribution in [1.82, 2.24) is 24.6 Å². The number of aryl methyl sites for hydroxylation is 2. The molecule has 1 unspecified atom stereocenters. The molecule has 2 N–H and O–H groups in total. The van der Waals surface area contributed by atoms with Crippen molar-refractivity contribution in [1.29, 1.82) is 0 Å². The highest BCUT2D eigenvalue weighted by Crippen LogP contribution is 2.30. The number of amides is 2. The van der Waals surface area contributed by atoms with Gasteiger partial charge in [-0.15, -0.1) is 11.3 Å². The maximum absolute atomic E-state index is 13.1. The third-order valence-electron chi connectivity index (χ3n) is 5.79. The van der Waals surface area contributed by atoms with E-state index in [2.05, 4.69) is 15.0 Å². The van der Waals surface area contributed by atoms with E-state index in [4.69, 9.17) is 5.73 Å². The summed E-state index contributed by atoms with van der Waals surface area (Å²) in [7, 11) is 1.86. The molecule has 4 heterocycles. The zero-order chi connectivity index (χ0) is 19.8. The van der Waals surface area contributed by atoms with Crippen LogP contribution >= 0.6 is 11.3 Å². The van der Waals surface area contributed by atoms with Crippen molar-refractivity contribution in [2.75, 3.05) is 19.6 Å². The number of primary amides is 1. The van der Waals surface area contributed by atoms with Gasteiger partial charge >= 0.3 is 0 Å². The van der Waals surface area contributed by atoms with E-state index in [-0.39, 0.29) is 17.9 Å². The Morgan fingerprint density at radius 2 is 1.96 bits per heavy atom. The van der Waals surface area contributed by atoms with E-state index in [1.165, 1.54) is 11.3 Å². The first kappa shape index (κ1) is 19.1. The summed E-state index contributed by atoms with van der Waals surface area (Å²) in [6.07, 6.45) is 7.30. The number of hydrogen-bond acceptors (Lipinski definition) is 6. The minimum atomic E-state index is -0.223.